The van der Waals surface area contributed by atoms with Crippen LogP contribution in [0, 0.1) is 5.92 Å². The maximum Gasteiger partial charge on any atom is 0.247 e. The summed E-state index contributed by atoms with van der Waals surface area (Å²) in [6, 6.07) is 8.09. The maximum absolute atomic E-state index is 9.88. The zero-order valence-electron chi connectivity index (χ0n) is 8.36. The van der Waals surface area contributed by atoms with E-state index in [4.69, 9.17) is 0 Å². The molecule has 1 aromatic rings. The fraction of sp³-hybridized carbons (Fsp3) is 0.364. The number of nitrogens with zero attached hydrogens (tertiary/aromatic N) is 1. The van der Waals surface area contributed by atoms with Gasteiger partial charge in [0, 0.05) is 16.8 Å². The predicted octanol–water partition coefficient (Wildman–Crippen LogP) is 3.23. The molecule has 0 saturated heterocycles. The number of isocyanates is 1. The molecule has 0 aromatic heterocycles. The molecule has 2 nitrogen and oxygen atoms in total. The van der Waals surface area contributed by atoms with Crippen LogP contribution >= 0.6 is 11.9 Å². The summed E-state index contributed by atoms with van der Waals surface area (Å²) in [5, 5.41) is 0. The van der Waals surface area contributed by atoms with Crippen LogP contribution in [0.5, 0.6) is 0 Å². The van der Waals surface area contributed by atoms with Gasteiger partial charge in [-0.15, -0.1) is 4.40 Å². The lowest BCUT2D eigenvalue weighted by Crippen LogP contribution is -1.92. The molecule has 0 amide bonds. The Labute approximate surface area is 88.6 Å². The molecule has 74 valence electrons. The molecular weight excluding hydrogens is 194 g/mol. The summed E-state index contributed by atoms with van der Waals surface area (Å²) in [5.41, 5.74) is 1.32. The van der Waals surface area contributed by atoms with Crippen molar-refractivity contribution in [2.75, 3.05) is 0 Å². The number of benzene rings is 1. The van der Waals surface area contributed by atoms with E-state index < -0.39 is 0 Å². The zero-order valence-corrected chi connectivity index (χ0v) is 9.17. The molecule has 14 heavy (non-hydrogen) atoms. The van der Waals surface area contributed by atoms with E-state index in [1.807, 2.05) is 12.1 Å². The first-order valence-electron chi connectivity index (χ1n) is 4.55. The van der Waals surface area contributed by atoms with Gasteiger partial charge in [0.2, 0.25) is 6.08 Å². The van der Waals surface area contributed by atoms with Crippen molar-refractivity contribution in [1.82, 2.24) is 0 Å². The highest BCUT2D eigenvalue weighted by molar-refractivity contribution is 7.98. The van der Waals surface area contributed by atoms with Crippen molar-refractivity contribution >= 4 is 18.0 Å². The van der Waals surface area contributed by atoms with E-state index in [9.17, 15) is 4.79 Å². The molecule has 0 aliphatic rings. The number of hydrogen-bond acceptors (Lipinski definition) is 3. The SMILES string of the molecule is CC(C)Cc1ccc(SN=C=O)cc1. The minimum absolute atomic E-state index is 0.668. The molecule has 3 heteroatoms. The molecule has 0 saturated carbocycles. The van der Waals surface area contributed by atoms with Crippen molar-refractivity contribution in [2.24, 2.45) is 10.3 Å². The Morgan fingerprint density at radius 3 is 2.50 bits per heavy atom. The molecule has 0 heterocycles. The summed E-state index contributed by atoms with van der Waals surface area (Å²) >= 11 is 1.15. The van der Waals surface area contributed by atoms with Gasteiger partial charge < -0.3 is 0 Å². The first-order chi connectivity index (χ1) is 6.72. The van der Waals surface area contributed by atoms with Gasteiger partial charge in [-0.25, -0.2) is 4.79 Å². The monoisotopic (exact) mass is 207 g/mol. The summed E-state index contributed by atoms with van der Waals surface area (Å²) in [6.07, 6.45) is 2.59. The first-order valence-corrected chi connectivity index (χ1v) is 5.33. The Morgan fingerprint density at radius 1 is 1.36 bits per heavy atom. The van der Waals surface area contributed by atoms with Crippen LogP contribution in [0.2, 0.25) is 0 Å². The molecule has 0 atom stereocenters. The Balaban J connectivity index is 2.63. The second-order valence-corrected chi connectivity index (χ2v) is 4.35. The zero-order chi connectivity index (χ0) is 10.4. The minimum Gasteiger partial charge on any atom is -0.210 e. The lowest BCUT2D eigenvalue weighted by molar-refractivity contribution is 0.566. The molecule has 0 radical (unpaired) electrons. The standard InChI is InChI=1S/C11H13NOS/c1-9(2)7-10-3-5-11(6-4-10)14-12-8-13/h3-6,9H,7H2,1-2H3. The number of carbonyl (C=O) groups excluding carboxylic acids is 1. The van der Waals surface area contributed by atoms with Gasteiger partial charge in [0.15, 0.2) is 0 Å². The molecule has 1 rings (SSSR count). The number of rotatable bonds is 4. The van der Waals surface area contributed by atoms with Gasteiger partial charge in [0.1, 0.15) is 0 Å². The Morgan fingerprint density at radius 2 is 2.00 bits per heavy atom. The van der Waals surface area contributed by atoms with E-state index in [-0.39, 0.29) is 0 Å². The van der Waals surface area contributed by atoms with Crippen LogP contribution in [0.3, 0.4) is 0 Å². The molecule has 0 aliphatic carbocycles. The van der Waals surface area contributed by atoms with Crippen molar-refractivity contribution in [2.45, 2.75) is 25.2 Å². The van der Waals surface area contributed by atoms with Crippen LogP contribution in [0.15, 0.2) is 33.6 Å². The molecule has 0 unspecified atom stereocenters. The van der Waals surface area contributed by atoms with Crippen LogP contribution in [-0.2, 0) is 11.2 Å². The topological polar surface area (TPSA) is 29.4 Å². The second-order valence-electron chi connectivity index (χ2n) is 3.52. The van der Waals surface area contributed by atoms with E-state index in [0.717, 1.165) is 23.3 Å². The lowest BCUT2D eigenvalue weighted by atomic mass is 10.0. The summed E-state index contributed by atoms with van der Waals surface area (Å²) in [7, 11) is 0. The van der Waals surface area contributed by atoms with Gasteiger partial charge in [-0.1, -0.05) is 26.0 Å². The van der Waals surface area contributed by atoms with Crippen molar-refractivity contribution in [3.63, 3.8) is 0 Å². The Kier molecular flexibility index (Phi) is 4.44. The third-order valence-electron chi connectivity index (χ3n) is 1.76. The summed E-state index contributed by atoms with van der Waals surface area (Å²) < 4.78 is 3.44. The van der Waals surface area contributed by atoms with Crippen LogP contribution in [0.25, 0.3) is 0 Å². The van der Waals surface area contributed by atoms with Crippen molar-refractivity contribution in [1.29, 1.82) is 0 Å². The fourth-order valence-electron chi connectivity index (χ4n) is 1.23. The predicted molar refractivity (Wildman–Crippen MR) is 59.0 cm³/mol. The third kappa shape index (κ3) is 3.77. The summed E-state index contributed by atoms with van der Waals surface area (Å²) in [5.74, 6) is 0.668. The van der Waals surface area contributed by atoms with Crippen LogP contribution in [-0.4, -0.2) is 6.08 Å². The van der Waals surface area contributed by atoms with Gasteiger partial charge in [0.25, 0.3) is 0 Å². The largest absolute Gasteiger partial charge is 0.247 e. The van der Waals surface area contributed by atoms with Gasteiger partial charge in [-0.3, -0.25) is 0 Å². The average Bonchev–Trinajstić information content (AvgIpc) is 2.16. The van der Waals surface area contributed by atoms with E-state index in [2.05, 4.69) is 30.4 Å². The second kappa shape index (κ2) is 5.63. The molecule has 1 aromatic carbocycles. The quantitative estimate of drug-likeness (QED) is 0.431. The van der Waals surface area contributed by atoms with Gasteiger partial charge >= 0.3 is 0 Å². The number of hydrogen-bond donors (Lipinski definition) is 0. The summed E-state index contributed by atoms with van der Waals surface area (Å²) in [4.78, 5) is 10.9. The third-order valence-corrected chi connectivity index (χ3v) is 2.40. The van der Waals surface area contributed by atoms with E-state index >= 15 is 0 Å². The molecule has 0 aliphatic heterocycles. The van der Waals surface area contributed by atoms with Gasteiger partial charge in [0.05, 0.1) is 0 Å². The van der Waals surface area contributed by atoms with E-state index in [0.29, 0.717) is 5.92 Å². The Bertz CT molecular complexity index is 326. The summed E-state index contributed by atoms with van der Waals surface area (Å²) in [6.45, 7) is 4.39. The van der Waals surface area contributed by atoms with Crippen molar-refractivity contribution < 1.29 is 4.79 Å². The molecule has 0 bridgehead atoms. The van der Waals surface area contributed by atoms with Gasteiger partial charge in [-0.2, -0.15) is 0 Å². The van der Waals surface area contributed by atoms with Crippen LogP contribution < -0.4 is 0 Å². The normalized spacial score (nSPS) is 9.93. The first kappa shape index (κ1) is 11.0. The molecule has 0 N–H and O–H groups in total. The average molecular weight is 207 g/mol. The lowest BCUT2D eigenvalue weighted by Gasteiger charge is -2.04. The maximum atomic E-state index is 9.88. The minimum atomic E-state index is 0.668. The highest BCUT2D eigenvalue weighted by atomic mass is 32.2. The molecule has 0 spiro atoms. The fourth-order valence-corrected chi connectivity index (χ4v) is 1.63. The van der Waals surface area contributed by atoms with Crippen LogP contribution in [0.4, 0.5) is 0 Å². The highest BCUT2D eigenvalue weighted by Crippen LogP contribution is 2.19. The van der Waals surface area contributed by atoms with Crippen molar-refractivity contribution in [3.8, 4) is 0 Å². The smallest absolute Gasteiger partial charge is 0.210 e. The molecular formula is C11H13NOS. The highest BCUT2D eigenvalue weighted by Gasteiger charge is 1.98. The van der Waals surface area contributed by atoms with E-state index in [1.165, 1.54) is 11.6 Å². The van der Waals surface area contributed by atoms with Crippen LogP contribution in [0.1, 0.15) is 19.4 Å². The van der Waals surface area contributed by atoms with Gasteiger partial charge in [-0.05, 0) is 30.0 Å². The van der Waals surface area contributed by atoms with E-state index in [1.54, 1.807) is 0 Å². The Hall–Kier alpha value is -1.05. The van der Waals surface area contributed by atoms with Crippen molar-refractivity contribution in [3.05, 3.63) is 29.8 Å². The molecule has 0 fully saturated rings.